The number of likely N-dealkylation sites (tertiary alicyclic amines) is 1. The van der Waals surface area contributed by atoms with Gasteiger partial charge in [-0.3, -0.25) is 9.59 Å². The third kappa shape index (κ3) is 3.40. The second kappa shape index (κ2) is 6.70. The topological polar surface area (TPSA) is 49.4 Å². The first kappa shape index (κ1) is 15.5. The summed E-state index contributed by atoms with van der Waals surface area (Å²) in [4.78, 5) is 25.8. The minimum absolute atomic E-state index is 0.0104. The van der Waals surface area contributed by atoms with E-state index in [1.807, 2.05) is 6.92 Å². The van der Waals surface area contributed by atoms with E-state index in [4.69, 9.17) is 0 Å². The highest BCUT2D eigenvalue weighted by atomic mass is 19.1. The number of carbonyl (C=O) groups is 2. The molecule has 0 bridgehead atoms. The summed E-state index contributed by atoms with van der Waals surface area (Å²) >= 11 is 0. The van der Waals surface area contributed by atoms with E-state index >= 15 is 0 Å². The van der Waals surface area contributed by atoms with Gasteiger partial charge < -0.3 is 10.2 Å². The van der Waals surface area contributed by atoms with Crippen LogP contribution in [-0.4, -0.2) is 30.3 Å². The number of nitrogens with one attached hydrogen (secondary N) is 1. The van der Waals surface area contributed by atoms with Crippen LogP contribution in [0, 0.1) is 11.7 Å². The lowest BCUT2D eigenvalue weighted by molar-refractivity contribution is -0.141. The predicted molar refractivity (Wildman–Crippen MR) is 77.9 cm³/mol. The van der Waals surface area contributed by atoms with Gasteiger partial charge in [-0.05, 0) is 30.5 Å². The first-order valence-electron chi connectivity index (χ1n) is 7.33. The summed E-state index contributed by atoms with van der Waals surface area (Å²) in [6.45, 7) is 2.60. The molecule has 1 aromatic carbocycles. The number of benzene rings is 1. The van der Waals surface area contributed by atoms with Gasteiger partial charge in [-0.2, -0.15) is 0 Å². The SMILES string of the molecule is CCCNC(=O)[C@@H]1CCC(=O)N(C)[C@H]1c1cccc(F)c1. The monoisotopic (exact) mass is 292 g/mol. The van der Waals surface area contributed by atoms with Gasteiger partial charge in [-0.15, -0.1) is 0 Å². The molecule has 5 heteroatoms. The molecule has 0 unspecified atom stereocenters. The summed E-state index contributed by atoms with van der Waals surface area (Å²) in [7, 11) is 1.68. The molecule has 1 heterocycles. The average molecular weight is 292 g/mol. The molecule has 1 N–H and O–H groups in total. The highest BCUT2D eigenvalue weighted by Crippen LogP contribution is 2.36. The summed E-state index contributed by atoms with van der Waals surface area (Å²) < 4.78 is 13.5. The third-order valence-corrected chi connectivity index (χ3v) is 3.94. The van der Waals surface area contributed by atoms with Gasteiger partial charge in [0.25, 0.3) is 0 Å². The highest BCUT2D eigenvalue weighted by molar-refractivity contribution is 5.84. The molecule has 2 amide bonds. The van der Waals surface area contributed by atoms with Crippen molar-refractivity contribution in [3.05, 3.63) is 35.6 Å². The van der Waals surface area contributed by atoms with Gasteiger partial charge in [0.05, 0.1) is 12.0 Å². The highest BCUT2D eigenvalue weighted by Gasteiger charge is 2.38. The van der Waals surface area contributed by atoms with E-state index in [-0.39, 0.29) is 23.5 Å². The van der Waals surface area contributed by atoms with Crippen molar-refractivity contribution in [2.45, 2.75) is 32.2 Å². The summed E-state index contributed by atoms with van der Waals surface area (Å²) in [6, 6.07) is 5.74. The molecular formula is C16H21FN2O2. The largest absolute Gasteiger partial charge is 0.356 e. The Bertz CT molecular complexity index is 533. The second-order valence-electron chi connectivity index (χ2n) is 5.44. The molecule has 4 nitrogen and oxygen atoms in total. The van der Waals surface area contributed by atoms with E-state index in [1.54, 1.807) is 24.1 Å². The smallest absolute Gasteiger partial charge is 0.225 e. The molecular weight excluding hydrogens is 271 g/mol. The fourth-order valence-corrected chi connectivity index (χ4v) is 2.84. The molecule has 1 saturated heterocycles. The van der Waals surface area contributed by atoms with Gasteiger partial charge in [0.1, 0.15) is 5.82 Å². The standard InChI is InChI=1S/C16H21FN2O2/c1-3-9-18-16(21)13-7-8-14(20)19(2)15(13)11-5-4-6-12(17)10-11/h4-6,10,13,15H,3,7-9H2,1-2H3,(H,18,21)/t13-,15+/m1/s1. The maximum atomic E-state index is 13.5. The zero-order valence-electron chi connectivity index (χ0n) is 12.4. The van der Waals surface area contributed by atoms with E-state index in [0.717, 1.165) is 6.42 Å². The predicted octanol–water partition coefficient (Wildman–Crippen LogP) is 2.26. The Kier molecular flexibility index (Phi) is 4.94. The van der Waals surface area contributed by atoms with Crippen molar-refractivity contribution in [3.63, 3.8) is 0 Å². The van der Waals surface area contributed by atoms with E-state index in [9.17, 15) is 14.0 Å². The van der Waals surface area contributed by atoms with Crippen LogP contribution in [-0.2, 0) is 9.59 Å². The molecule has 114 valence electrons. The van der Waals surface area contributed by atoms with Crippen LogP contribution in [0.3, 0.4) is 0 Å². The van der Waals surface area contributed by atoms with Gasteiger partial charge in [0.2, 0.25) is 11.8 Å². The van der Waals surface area contributed by atoms with Crippen molar-refractivity contribution in [1.29, 1.82) is 0 Å². The Balaban J connectivity index is 2.29. The van der Waals surface area contributed by atoms with Crippen LogP contribution < -0.4 is 5.32 Å². The lowest BCUT2D eigenvalue weighted by atomic mass is 9.84. The number of amides is 2. The molecule has 1 aromatic rings. The van der Waals surface area contributed by atoms with Crippen LogP contribution in [0.15, 0.2) is 24.3 Å². The molecule has 1 aliphatic rings. The fraction of sp³-hybridized carbons (Fsp3) is 0.500. The molecule has 21 heavy (non-hydrogen) atoms. The number of piperidine rings is 1. The van der Waals surface area contributed by atoms with Crippen LogP contribution in [0.4, 0.5) is 4.39 Å². The molecule has 1 aliphatic heterocycles. The molecule has 0 aromatic heterocycles. The van der Waals surface area contributed by atoms with Crippen molar-refractivity contribution in [2.75, 3.05) is 13.6 Å². The number of halogens is 1. The van der Waals surface area contributed by atoms with Crippen molar-refractivity contribution in [2.24, 2.45) is 5.92 Å². The summed E-state index contributed by atoms with van der Waals surface area (Å²) in [5.41, 5.74) is 0.669. The Labute approximate surface area is 124 Å². The zero-order chi connectivity index (χ0) is 15.4. The lowest BCUT2D eigenvalue weighted by Gasteiger charge is -2.38. The Hall–Kier alpha value is -1.91. The third-order valence-electron chi connectivity index (χ3n) is 3.94. The molecule has 1 fully saturated rings. The molecule has 0 spiro atoms. The van der Waals surface area contributed by atoms with E-state index in [0.29, 0.717) is 24.9 Å². The summed E-state index contributed by atoms with van der Waals surface area (Å²) in [6.07, 6.45) is 1.71. The maximum absolute atomic E-state index is 13.5. The number of carbonyl (C=O) groups excluding carboxylic acids is 2. The molecule has 0 radical (unpaired) electrons. The van der Waals surface area contributed by atoms with Crippen LogP contribution in [0.1, 0.15) is 37.8 Å². The van der Waals surface area contributed by atoms with Crippen LogP contribution >= 0.6 is 0 Å². The van der Waals surface area contributed by atoms with Gasteiger partial charge in [-0.1, -0.05) is 19.1 Å². The Morgan fingerprint density at radius 1 is 1.48 bits per heavy atom. The van der Waals surface area contributed by atoms with E-state index in [1.165, 1.54) is 12.1 Å². The van der Waals surface area contributed by atoms with Crippen molar-refractivity contribution < 1.29 is 14.0 Å². The molecule has 2 rings (SSSR count). The van der Waals surface area contributed by atoms with Crippen LogP contribution in [0.2, 0.25) is 0 Å². The number of hydrogen-bond donors (Lipinski definition) is 1. The van der Waals surface area contributed by atoms with Gasteiger partial charge >= 0.3 is 0 Å². The lowest BCUT2D eigenvalue weighted by Crippen LogP contribution is -2.46. The Morgan fingerprint density at radius 3 is 2.90 bits per heavy atom. The number of rotatable bonds is 4. The van der Waals surface area contributed by atoms with Gasteiger partial charge in [0.15, 0.2) is 0 Å². The molecule has 0 aliphatic carbocycles. The van der Waals surface area contributed by atoms with E-state index in [2.05, 4.69) is 5.32 Å². The zero-order valence-corrected chi connectivity index (χ0v) is 12.4. The molecule has 0 saturated carbocycles. The van der Waals surface area contributed by atoms with Crippen LogP contribution in [0.25, 0.3) is 0 Å². The quantitative estimate of drug-likeness (QED) is 0.925. The van der Waals surface area contributed by atoms with Crippen molar-refractivity contribution in [1.82, 2.24) is 10.2 Å². The van der Waals surface area contributed by atoms with Gasteiger partial charge in [-0.25, -0.2) is 4.39 Å². The normalized spacial score (nSPS) is 22.2. The molecule has 2 atom stereocenters. The first-order chi connectivity index (χ1) is 10.0. The minimum Gasteiger partial charge on any atom is -0.356 e. The van der Waals surface area contributed by atoms with E-state index < -0.39 is 6.04 Å². The van der Waals surface area contributed by atoms with Crippen LogP contribution in [0.5, 0.6) is 0 Å². The summed E-state index contributed by atoms with van der Waals surface area (Å²) in [5, 5.41) is 2.88. The maximum Gasteiger partial charge on any atom is 0.225 e. The first-order valence-corrected chi connectivity index (χ1v) is 7.33. The van der Waals surface area contributed by atoms with Crippen molar-refractivity contribution in [3.8, 4) is 0 Å². The average Bonchev–Trinajstić information content (AvgIpc) is 2.47. The number of nitrogens with zero attached hydrogens (tertiary/aromatic N) is 1. The summed E-state index contributed by atoms with van der Waals surface area (Å²) in [5.74, 6) is -0.762. The Morgan fingerprint density at radius 2 is 2.24 bits per heavy atom. The second-order valence-corrected chi connectivity index (χ2v) is 5.44. The van der Waals surface area contributed by atoms with Gasteiger partial charge in [0, 0.05) is 20.0 Å². The number of hydrogen-bond acceptors (Lipinski definition) is 2. The minimum atomic E-state index is -0.404. The van der Waals surface area contributed by atoms with Crippen molar-refractivity contribution >= 4 is 11.8 Å². The fourth-order valence-electron chi connectivity index (χ4n) is 2.84.